The van der Waals surface area contributed by atoms with E-state index in [-0.39, 0.29) is 34.1 Å². The first-order chi connectivity index (χ1) is 14.7. The van der Waals surface area contributed by atoms with Gasteiger partial charge in [-0.05, 0) is 24.6 Å². The number of nitro benzene ring substituents is 2. The predicted octanol–water partition coefficient (Wildman–Crippen LogP) is 3.27. The van der Waals surface area contributed by atoms with Crippen molar-refractivity contribution in [3.8, 4) is 0 Å². The molecule has 0 bridgehead atoms. The monoisotopic (exact) mass is 444 g/mol. The van der Waals surface area contributed by atoms with Gasteiger partial charge in [0.1, 0.15) is 5.82 Å². The summed E-state index contributed by atoms with van der Waals surface area (Å²) in [5.74, 6) is 0.0741. The summed E-state index contributed by atoms with van der Waals surface area (Å²) in [6.45, 7) is 1.78. The number of rotatable bonds is 8. The van der Waals surface area contributed by atoms with Crippen LogP contribution in [0.1, 0.15) is 18.5 Å². The zero-order valence-corrected chi connectivity index (χ0v) is 16.8. The summed E-state index contributed by atoms with van der Waals surface area (Å²) < 4.78 is 27.4. The minimum Gasteiger partial charge on any atom is -0.348 e. The van der Waals surface area contributed by atoms with Crippen LogP contribution in [-0.4, -0.2) is 28.2 Å². The standard InChI is InChI=1S/C18H16N6O6S/c1-12(13-5-7-14(8-6-13)23(25)26)20-18-19-10-9-17(21-18)22-31(29,30)16-4-2-3-15(11-16)24(27)28/h2-12H,1H3,(H2,19,20,21,22). The van der Waals surface area contributed by atoms with E-state index in [9.17, 15) is 28.6 Å². The average molecular weight is 444 g/mol. The molecule has 12 nitrogen and oxygen atoms in total. The van der Waals surface area contributed by atoms with Crippen molar-refractivity contribution in [2.45, 2.75) is 17.9 Å². The molecule has 3 rings (SSSR count). The Bertz CT molecular complexity index is 1230. The first-order valence-corrected chi connectivity index (χ1v) is 10.3. The molecule has 0 spiro atoms. The maximum atomic E-state index is 12.5. The Morgan fingerprint density at radius 3 is 2.29 bits per heavy atom. The van der Waals surface area contributed by atoms with Crippen LogP contribution < -0.4 is 10.0 Å². The summed E-state index contributed by atoms with van der Waals surface area (Å²) >= 11 is 0. The normalized spacial score (nSPS) is 12.0. The molecule has 2 aromatic carbocycles. The Hall–Kier alpha value is -4.13. The second-order valence-electron chi connectivity index (χ2n) is 6.34. The molecule has 160 valence electrons. The fraction of sp³-hybridized carbons (Fsp3) is 0.111. The van der Waals surface area contributed by atoms with E-state index < -0.39 is 19.9 Å². The van der Waals surface area contributed by atoms with Crippen molar-refractivity contribution in [2.24, 2.45) is 0 Å². The number of non-ortho nitro benzene ring substituents is 2. The molecular formula is C18H16N6O6S. The molecule has 0 aliphatic heterocycles. The lowest BCUT2D eigenvalue weighted by molar-refractivity contribution is -0.385. The van der Waals surface area contributed by atoms with Crippen molar-refractivity contribution in [2.75, 3.05) is 10.0 Å². The predicted molar refractivity (Wildman–Crippen MR) is 111 cm³/mol. The zero-order chi connectivity index (χ0) is 22.6. The average Bonchev–Trinajstić information content (AvgIpc) is 2.73. The lowest BCUT2D eigenvalue weighted by Crippen LogP contribution is -2.15. The van der Waals surface area contributed by atoms with Gasteiger partial charge in [0.25, 0.3) is 21.4 Å². The number of sulfonamides is 1. The van der Waals surface area contributed by atoms with Crippen molar-refractivity contribution >= 4 is 33.2 Å². The number of benzene rings is 2. The Labute approximate surface area is 176 Å². The smallest absolute Gasteiger partial charge is 0.270 e. The highest BCUT2D eigenvalue weighted by atomic mass is 32.2. The van der Waals surface area contributed by atoms with Crippen LogP contribution in [0.3, 0.4) is 0 Å². The SMILES string of the molecule is CC(Nc1nccc(NS(=O)(=O)c2cccc([N+](=O)[O-])c2)n1)c1ccc([N+](=O)[O-])cc1. The highest BCUT2D eigenvalue weighted by Gasteiger charge is 2.19. The van der Waals surface area contributed by atoms with Gasteiger partial charge in [-0.3, -0.25) is 25.0 Å². The molecule has 3 aromatic rings. The van der Waals surface area contributed by atoms with E-state index in [2.05, 4.69) is 20.0 Å². The molecule has 2 N–H and O–H groups in total. The minimum atomic E-state index is -4.12. The maximum Gasteiger partial charge on any atom is 0.270 e. The molecule has 0 fully saturated rings. The van der Waals surface area contributed by atoms with E-state index in [4.69, 9.17) is 0 Å². The van der Waals surface area contributed by atoms with Crippen LogP contribution >= 0.6 is 0 Å². The van der Waals surface area contributed by atoms with E-state index in [0.717, 1.165) is 11.6 Å². The van der Waals surface area contributed by atoms with Crippen molar-refractivity contribution < 1.29 is 18.3 Å². The van der Waals surface area contributed by atoms with Gasteiger partial charge in [-0.15, -0.1) is 0 Å². The van der Waals surface area contributed by atoms with Crippen molar-refractivity contribution in [3.63, 3.8) is 0 Å². The van der Waals surface area contributed by atoms with Crippen LogP contribution in [0.5, 0.6) is 0 Å². The van der Waals surface area contributed by atoms with Gasteiger partial charge >= 0.3 is 0 Å². The van der Waals surface area contributed by atoms with E-state index >= 15 is 0 Å². The van der Waals surface area contributed by atoms with Crippen LogP contribution in [-0.2, 0) is 10.0 Å². The molecule has 0 aliphatic rings. The molecule has 0 radical (unpaired) electrons. The van der Waals surface area contributed by atoms with Gasteiger partial charge in [0.15, 0.2) is 0 Å². The molecule has 0 aliphatic carbocycles. The van der Waals surface area contributed by atoms with Crippen LogP contribution in [0.2, 0.25) is 0 Å². The zero-order valence-electron chi connectivity index (χ0n) is 16.0. The Morgan fingerprint density at radius 1 is 0.968 bits per heavy atom. The molecule has 0 amide bonds. The van der Waals surface area contributed by atoms with E-state index in [1.54, 1.807) is 19.1 Å². The molecule has 31 heavy (non-hydrogen) atoms. The molecule has 0 saturated carbocycles. The van der Waals surface area contributed by atoms with Gasteiger partial charge in [0, 0.05) is 30.5 Å². The summed E-state index contributed by atoms with van der Waals surface area (Å²) in [6, 6.07) is 11.6. The number of hydrogen-bond donors (Lipinski definition) is 2. The Morgan fingerprint density at radius 2 is 1.65 bits per heavy atom. The highest BCUT2D eigenvalue weighted by Crippen LogP contribution is 2.22. The molecule has 1 unspecified atom stereocenters. The third-order valence-corrected chi connectivity index (χ3v) is 5.54. The minimum absolute atomic E-state index is 0.0373. The van der Waals surface area contributed by atoms with Crippen LogP contribution in [0, 0.1) is 20.2 Å². The summed E-state index contributed by atoms with van der Waals surface area (Å²) in [6.07, 6.45) is 1.34. The molecular weight excluding hydrogens is 428 g/mol. The number of aromatic nitrogens is 2. The van der Waals surface area contributed by atoms with Crippen LogP contribution in [0.15, 0.2) is 65.7 Å². The highest BCUT2D eigenvalue weighted by molar-refractivity contribution is 7.92. The summed E-state index contributed by atoms with van der Waals surface area (Å²) in [7, 11) is -4.12. The molecule has 1 aromatic heterocycles. The number of hydrogen-bond acceptors (Lipinski definition) is 9. The molecule has 1 atom stereocenters. The van der Waals surface area contributed by atoms with Gasteiger partial charge in [-0.2, -0.15) is 4.98 Å². The molecule has 0 saturated heterocycles. The lowest BCUT2D eigenvalue weighted by Gasteiger charge is -2.15. The van der Waals surface area contributed by atoms with Gasteiger partial charge in [-0.25, -0.2) is 13.4 Å². The van der Waals surface area contributed by atoms with Crippen LogP contribution in [0.25, 0.3) is 0 Å². The third kappa shape index (κ3) is 5.27. The largest absolute Gasteiger partial charge is 0.348 e. The summed E-state index contributed by atoms with van der Waals surface area (Å²) in [5.41, 5.74) is 0.339. The number of nitrogens with one attached hydrogen (secondary N) is 2. The number of anilines is 2. The van der Waals surface area contributed by atoms with Crippen molar-refractivity contribution in [1.29, 1.82) is 0 Å². The quantitative estimate of drug-likeness (QED) is 0.391. The van der Waals surface area contributed by atoms with Gasteiger partial charge in [0.05, 0.1) is 20.8 Å². The Balaban J connectivity index is 1.76. The Kier molecular flexibility index (Phi) is 6.06. The van der Waals surface area contributed by atoms with Crippen molar-refractivity contribution in [1.82, 2.24) is 9.97 Å². The second-order valence-corrected chi connectivity index (χ2v) is 8.02. The number of nitro groups is 2. The third-order valence-electron chi connectivity index (χ3n) is 4.18. The number of nitrogens with zero attached hydrogens (tertiary/aromatic N) is 4. The molecule has 1 heterocycles. The van der Waals surface area contributed by atoms with E-state index in [1.807, 2.05) is 0 Å². The van der Waals surface area contributed by atoms with Crippen molar-refractivity contribution in [3.05, 3.63) is 86.6 Å². The van der Waals surface area contributed by atoms with Gasteiger partial charge in [-0.1, -0.05) is 18.2 Å². The summed E-state index contributed by atoms with van der Waals surface area (Å²) in [4.78, 5) is 28.3. The fourth-order valence-corrected chi connectivity index (χ4v) is 3.65. The van der Waals surface area contributed by atoms with Crippen LogP contribution in [0.4, 0.5) is 23.1 Å². The lowest BCUT2D eigenvalue weighted by atomic mass is 10.1. The second kappa shape index (κ2) is 8.71. The summed E-state index contributed by atoms with van der Waals surface area (Å²) in [5, 5.41) is 24.6. The van der Waals surface area contributed by atoms with Gasteiger partial charge in [0.2, 0.25) is 5.95 Å². The first-order valence-electron chi connectivity index (χ1n) is 8.77. The van der Waals surface area contributed by atoms with E-state index in [1.165, 1.54) is 42.6 Å². The maximum absolute atomic E-state index is 12.5. The topological polar surface area (TPSA) is 170 Å². The van der Waals surface area contributed by atoms with E-state index in [0.29, 0.717) is 0 Å². The van der Waals surface area contributed by atoms with Gasteiger partial charge < -0.3 is 5.32 Å². The molecule has 13 heteroatoms. The first kappa shape index (κ1) is 21.6. The fourth-order valence-electron chi connectivity index (χ4n) is 2.61.